The van der Waals surface area contributed by atoms with Gasteiger partial charge in [0.2, 0.25) is 0 Å². The van der Waals surface area contributed by atoms with Crippen molar-refractivity contribution in [2.75, 3.05) is 26.2 Å². The number of aryl methyl sites for hydroxylation is 2. The van der Waals surface area contributed by atoms with Crippen LogP contribution in [0, 0.1) is 0 Å². The number of tetrazole rings is 1. The third-order valence-electron chi connectivity index (χ3n) is 6.93. The largest absolute Gasteiger partial charge is 0.298 e. The van der Waals surface area contributed by atoms with Crippen LogP contribution in [0.15, 0.2) is 60.7 Å². The molecular weight excluding hydrogens is 384 g/mol. The highest BCUT2D eigenvalue weighted by molar-refractivity contribution is 5.25. The van der Waals surface area contributed by atoms with E-state index in [2.05, 4.69) is 86.0 Å². The summed E-state index contributed by atoms with van der Waals surface area (Å²) in [7, 11) is 0. The van der Waals surface area contributed by atoms with Crippen LogP contribution in [0.4, 0.5) is 0 Å². The number of nitrogens with zero attached hydrogens (tertiary/aromatic N) is 6. The van der Waals surface area contributed by atoms with Crippen molar-refractivity contribution in [1.29, 1.82) is 0 Å². The molecule has 1 saturated carbocycles. The minimum atomic E-state index is 0.0951. The van der Waals surface area contributed by atoms with E-state index in [4.69, 9.17) is 0 Å². The fourth-order valence-electron chi connectivity index (χ4n) is 5.24. The fraction of sp³-hybridized carbons (Fsp3) is 0.480. The Morgan fingerprint density at radius 2 is 1.52 bits per heavy atom. The Labute approximate surface area is 184 Å². The van der Waals surface area contributed by atoms with Gasteiger partial charge in [-0.3, -0.25) is 9.80 Å². The number of aromatic nitrogens is 4. The molecule has 3 aromatic rings. The Kier molecular flexibility index (Phi) is 6.37. The van der Waals surface area contributed by atoms with Gasteiger partial charge in [-0.1, -0.05) is 73.5 Å². The molecule has 0 radical (unpaired) electrons. The highest BCUT2D eigenvalue weighted by Crippen LogP contribution is 2.30. The molecule has 162 valence electrons. The van der Waals surface area contributed by atoms with Crippen LogP contribution in [-0.4, -0.2) is 62.2 Å². The zero-order valence-corrected chi connectivity index (χ0v) is 18.2. The summed E-state index contributed by atoms with van der Waals surface area (Å²) in [5, 5.41) is 13.0. The molecule has 0 bridgehead atoms. The fourth-order valence-corrected chi connectivity index (χ4v) is 5.24. The van der Waals surface area contributed by atoms with Gasteiger partial charge in [0.25, 0.3) is 0 Å². The summed E-state index contributed by atoms with van der Waals surface area (Å²) in [6, 6.07) is 22.2. The molecule has 5 rings (SSSR count). The molecule has 1 aliphatic heterocycles. The first-order valence-corrected chi connectivity index (χ1v) is 11.7. The van der Waals surface area contributed by atoms with Crippen molar-refractivity contribution >= 4 is 0 Å². The summed E-state index contributed by atoms with van der Waals surface area (Å²) in [6.45, 7) is 5.18. The molecule has 0 N–H and O–H groups in total. The highest BCUT2D eigenvalue weighted by Gasteiger charge is 2.32. The first-order valence-electron chi connectivity index (χ1n) is 11.7. The van der Waals surface area contributed by atoms with E-state index in [1.54, 1.807) is 0 Å². The highest BCUT2D eigenvalue weighted by atomic mass is 15.6. The van der Waals surface area contributed by atoms with Gasteiger partial charge in [-0.2, -0.15) is 0 Å². The molecule has 6 heteroatoms. The summed E-state index contributed by atoms with van der Waals surface area (Å²) in [6.07, 6.45) is 6.47. The van der Waals surface area contributed by atoms with Crippen LogP contribution in [0.5, 0.6) is 0 Å². The van der Waals surface area contributed by atoms with Crippen LogP contribution in [0.1, 0.15) is 48.7 Å². The molecule has 31 heavy (non-hydrogen) atoms. The lowest BCUT2D eigenvalue weighted by molar-refractivity contribution is 0.0770. The van der Waals surface area contributed by atoms with Crippen molar-refractivity contribution in [2.45, 2.75) is 50.7 Å². The molecular formula is C25H32N6. The first kappa shape index (κ1) is 20.3. The van der Waals surface area contributed by atoms with Gasteiger partial charge < -0.3 is 0 Å². The van der Waals surface area contributed by atoms with Crippen molar-refractivity contribution in [2.24, 2.45) is 0 Å². The average molecular weight is 417 g/mol. The van der Waals surface area contributed by atoms with Crippen molar-refractivity contribution in [3.8, 4) is 0 Å². The third-order valence-corrected chi connectivity index (χ3v) is 6.93. The zero-order valence-electron chi connectivity index (χ0n) is 18.2. The van der Waals surface area contributed by atoms with Gasteiger partial charge in [0.05, 0.1) is 6.04 Å². The molecule has 1 unspecified atom stereocenters. The van der Waals surface area contributed by atoms with Gasteiger partial charge in [0, 0.05) is 38.8 Å². The second-order valence-corrected chi connectivity index (χ2v) is 8.82. The predicted octanol–water partition coefficient (Wildman–Crippen LogP) is 3.57. The topological polar surface area (TPSA) is 50.1 Å². The predicted molar refractivity (Wildman–Crippen MR) is 122 cm³/mol. The Balaban J connectivity index is 1.35. The summed E-state index contributed by atoms with van der Waals surface area (Å²) in [5.74, 6) is 0.955. The monoisotopic (exact) mass is 416 g/mol. The minimum absolute atomic E-state index is 0.0951. The lowest BCUT2D eigenvalue weighted by Gasteiger charge is -2.41. The van der Waals surface area contributed by atoms with E-state index in [-0.39, 0.29) is 6.04 Å². The van der Waals surface area contributed by atoms with Crippen molar-refractivity contribution in [1.82, 2.24) is 30.0 Å². The van der Waals surface area contributed by atoms with Gasteiger partial charge in [-0.15, -0.1) is 5.10 Å². The van der Waals surface area contributed by atoms with Crippen LogP contribution in [0.2, 0.25) is 0 Å². The molecule has 1 atom stereocenters. The summed E-state index contributed by atoms with van der Waals surface area (Å²) < 4.78 is 2.01. The van der Waals surface area contributed by atoms with E-state index in [0.29, 0.717) is 0 Å². The van der Waals surface area contributed by atoms with E-state index in [1.807, 2.05) is 4.68 Å². The quantitative estimate of drug-likeness (QED) is 0.589. The molecule has 1 aromatic heterocycles. The molecule has 0 amide bonds. The molecule has 0 spiro atoms. The number of hydrogen-bond acceptors (Lipinski definition) is 5. The SMILES string of the molecule is c1ccc(CCn2nnnc2C(c2ccccc2)N2CCN(C3CCCC3)CC2)cc1. The zero-order chi connectivity index (χ0) is 20.9. The van der Waals surface area contributed by atoms with Crippen LogP contribution in [-0.2, 0) is 13.0 Å². The molecule has 2 aliphatic rings. The molecule has 6 nitrogen and oxygen atoms in total. The Morgan fingerprint density at radius 3 is 2.23 bits per heavy atom. The van der Waals surface area contributed by atoms with Crippen LogP contribution >= 0.6 is 0 Å². The van der Waals surface area contributed by atoms with Crippen LogP contribution in [0.25, 0.3) is 0 Å². The normalized spacial score (nSPS) is 19.6. The van der Waals surface area contributed by atoms with E-state index in [9.17, 15) is 0 Å². The van der Waals surface area contributed by atoms with Gasteiger partial charge in [0.15, 0.2) is 5.82 Å². The van der Waals surface area contributed by atoms with Gasteiger partial charge >= 0.3 is 0 Å². The Morgan fingerprint density at radius 1 is 0.839 bits per heavy atom. The lowest BCUT2D eigenvalue weighted by atomic mass is 10.0. The van der Waals surface area contributed by atoms with E-state index >= 15 is 0 Å². The minimum Gasteiger partial charge on any atom is -0.298 e. The van der Waals surface area contributed by atoms with Crippen molar-refractivity contribution in [3.05, 3.63) is 77.6 Å². The number of benzene rings is 2. The molecule has 2 aromatic carbocycles. The number of piperazine rings is 1. The Hall–Kier alpha value is -2.57. The van der Waals surface area contributed by atoms with Crippen molar-refractivity contribution in [3.63, 3.8) is 0 Å². The smallest absolute Gasteiger partial charge is 0.173 e. The second kappa shape index (κ2) is 9.71. The van der Waals surface area contributed by atoms with E-state index in [1.165, 1.54) is 36.8 Å². The van der Waals surface area contributed by atoms with Gasteiger partial charge in [-0.25, -0.2) is 4.68 Å². The van der Waals surface area contributed by atoms with Crippen molar-refractivity contribution < 1.29 is 0 Å². The number of hydrogen-bond donors (Lipinski definition) is 0. The maximum Gasteiger partial charge on any atom is 0.173 e. The summed E-state index contributed by atoms with van der Waals surface area (Å²) in [4.78, 5) is 5.29. The maximum absolute atomic E-state index is 4.52. The van der Waals surface area contributed by atoms with Gasteiger partial charge in [0.1, 0.15) is 0 Å². The Bertz CT molecular complexity index is 927. The lowest BCUT2D eigenvalue weighted by Crippen LogP contribution is -2.51. The first-order chi connectivity index (χ1) is 15.4. The molecule has 2 fully saturated rings. The molecule has 2 heterocycles. The van der Waals surface area contributed by atoms with E-state index < -0.39 is 0 Å². The molecule has 1 aliphatic carbocycles. The van der Waals surface area contributed by atoms with E-state index in [0.717, 1.165) is 51.0 Å². The second-order valence-electron chi connectivity index (χ2n) is 8.82. The maximum atomic E-state index is 4.52. The standard InChI is InChI=1S/C25H32N6/c1-3-9-21(10-4-1)15-16-31-25(26-27-28-31)24(22-11-5-2-6-12-22)30-19-17-29(18-20-30)23-13-7-8-14-23/h1-6,9-12,23-24H,7-8,13-20H2. The summed E-state index contributed by atoms with van der Waals surface area (Å²) >= 11 is 0. The number of rotatable bonds is 7. The van der Waals surface area contributed by atoms with Crippen LogP contribution < -0.4 is 0 Å². The summed E-state index contributed by atoms with van der Waals surface area (Å²) in [5.41, 5.74) is 2.58. The van der Waals surface area contributed by atoms with Crippen LogP contribution in [0.3, 0.4) is 0 Å². The third kappa shape index (κ3) is 4.70. The van der Waals surface area contributed by atoms with Gasteiger partial charge in [-0.05, 0) is 40.8 Å². The average Bonchev–Trinajstić information content (AvgIpc) is 3.53. The molecule has 1 saturated heterocycles.